The molecule has 1 atom stereocenters. The van der Waals surface area contributed by atoms with E-state index in [2.05, 4.69) is 15.6 Å². The molecule has 0 radical (unpaired) electrons. The van der Waals surface area contributed by atoms with Crippen LogP contribution in [0.4, 0.5) is 0 Å². The fourth-order valence-electron chi connectivity index (χ4n) is 0.260. The molecule has 2 nitrogen and oxygen atoms in total. The third kappa shape index (κ3) is 4.76. The van der Waals surface area contributed by atoms with E-state index in [0.29, 0.717) is 3.44 Å². The Morgan fingerprint density at radius 3 is 2.73 bits per heavy atom. The summed E-state index contributed by atoms with van der Waals surface area (Å²) < 4.78 is 43.4. The minimum absolute atomic E-state index is 0.594. The fraction of sp³-hybridized carbons (Fsp3) is 0.714. The van der Waals surface area contributed by atoms with Crippen LogP contribution in [0.3, 0.4) is 0 Å². The van der Waals surface area contributed by atoms with Gasteiger partial charge in [-0.3, -0.25) is 0 Å². The third-order valence-electron chi connectivity index (χ3n) is 0.822. The zero-order valence-corrected chi connectivity index (χ0v) is 9.68. The topological polar surface area (TPSA) is 20.3 Å². The average Bonchev–Trinajstić information content (AvgIpc) is 2.08. The van der Waals surface area contributed by atoms with Crippen LogP contribution < -0.4 is 0 Å². The molecule has 0 aromatic heterocycles. The normalized spacial score (nSPS) is 22.7. The van der Waals surface area contributed by atoms with Crippen molar-refractivity contribution in [2.45, 2.75) is 18.5 Å². The van der Waals surface area contributed by atoms with E-state index in [1.165, 1.54) is 0 Å². The molecule has 0 aliphatic carbocycles. The van der Waals surface area contributed by atoms with Crippen molar-refractivity contribution in [2.75, 3.05) is 14.1 Å². The zero-order valence-electron chi connectivity index (χ0n) is 12.2. The number of hydrogen-bond acceptors (Lipinski definition) is 2. The molecular weight excluding hydrogens is 272 g/mol. The number of ketones is 1. The number of carbonyl (C=O) groups excluding carboxylic acids is 1. The van der Waals surface area contributed by atoms with E-state index in [0.717, 1.165) is 0 Å². The number of Topliss-reactive ketones (excluding diaryl/α,β-unsaturated/α-hetero) is 1. The molecule has 0 spiro atoms. The SMILES string of the molecule is [2H]C([2H])([2H])C(=O)C([Se]C(=[Se])N(C)C)C([2H])([2H])[2H]. The molecule has 0 bridgehead atoms. The van der Waals surface area contributed by atoms with Gasteiger partial charge in [-0.2, -0.15) is 0 Å². The fourth-order valence-corrected chi connectivity index (χ4v) is 2.40. The molecule has 0 heterocycles. The molecule has 1 unspecified atom stereocenters. The van der Waals surface area contributed by atoms with Gasteiger partial charge in [0.15, 0.2) is 0 Å². The summed E-state index contributed by atoms with van der Waals surface area (Å²) in [5.41, 5.74) is 0. The molecule has 0 N–H and O–H groups in total. The van der Waals surface area contributed by atoms with Gasteiger partial charge in [0, 0.05) is 0 Å². The van der Waals surface area contributed by atoms with Crippen LogP contribution in [0.15, 0.2) is 0 Å². The summed E-state index contributed by atoms with van der Waals surface area (Å²) in [6.45, 7) is -5.45. The minimum atomic E-state index is -2.87. The van der Waals surface area contributed by atoms with Crippen LogP contribution in [-0.4, -0.2) is 58.8 Å². The Bertz CT molecular complexity index is 310. The predicted molar refractivity (Wildman–Crippen MR) is 50.3 cm³/mol. The first-order valence-electron chi connectivity index (χ1n) is 5.79. The van der Waals surface area contributed by atoms with Crippen LogP contribution in [0, 0.1) is 0 Å². The number of rotatable bonds is 4. The Labute approximate surface area is 90.7 Å². The second kappa shape index (κ2) is 5.10. The van der Waals surface area contributed by atoms with Crippen molar-refractivity contribution in [1.29, 1.82) is 0 Å². The molecule has 0 aromatic rings. The molecule has 0 fully saturated rings. The summed E-state index contributed by atoms with van der Waals surface area (Å²) in [6.07, 6.45) is 0. The molecular formula is C7H13NOSe2. The molecule has 0 saturated carbocycles. The summed E-state index contributed by atoms with van der Waals surface area (Å²) in [5, 5.41) is 0. The molecule has 0 aliphatic heterocycles. The van der Waals surface area contributed by atoms with Crippen molar-refractivity contribution < 1.29 is 13.0 Å². The van der Waals surface area contributed by atoms with Gasteiger partial charge in [0.05, 0.1) is 0 Å². The van der Waals surface area contributed by atoms with Crippen LogP contribution >= 0.6 is 0 Å². The van der Waals surface area contributed by atoms with Crippen molar-refractivity contribution >= 4 is 39.8 Å². The first-order chi connectivity index (χ1) is 7.37. The monoisotopic (exact) mass is 293 g/mol. The first kappa shape index (κ1) is 4.57. The molecule has 0 aliphatic rings. The Morgan fingerprint density at radius 2 is 2.36 bits per heavy atom. The third-order valence-corrected chi connectivity index (χ3v) is 4.77. The second-order valence-corrected chi connectivity index (χ2v) is 6.44. The summed E-state index contributed by atoms with van der Waals surface area (Å²) in [4.78, 5) is 11.8. The molecule has 64 valence electrons. The molecule has 4 heteroatoms. The zero-order chi connectivity index (χ0) is 14.0. The average molecular weight is 291 g/mol. The number of nitrogens with zero attached hydrogens (tertiary/aromatic N) is 1. The van der Waals surface area contributed by atoms with Gasteiger partial charge in [-0.15, -0.1) is 0 Å². The van der Waals surface area contributed by atoms with Gasteiger partial charge in [-0.1, -0.05) is 0 Å². The quantitative estimate of drug-likeness (QED) is 0.675. The van der Waals surface area contributed by atoms with Gasteiger partial charge in [0.2, 0.25) is 0 Å². The number of hydrogen-bond donors (Lipinski definition) is 0. The summed E-state index contributed by atoms with van der Waals surface area (Å²) in [7, 11) is 3.40. The number of carbonyl (C=O) groups is 1. The van der Waals surface area contributed by atoms with Gasteiger partial charge in [0.1, 0.15) is 0 Å². The Hall–Kier alpha value is 0.379. The van der Waals surface area contributed by atoms with Crippen LogP contribution in [0.5, 0.6) is 0 Å². The van der Waals surface area contributed by atoms with Gasteiger partial charge in [0.25, 0.3) is 0 Å². The Morgan fingerprint density at radius 1 is 1.73 bits per heavy atom. The Kier molecular flexibility index (Phi) is 2.12. The standard InChI is InChI=1S/C7H13NOSe2/c1-5(9)6(2)11-7(10)8(3)4/h6H,1-4H3/i1D3,2D3. The van der Waals surface area contributed by atoms with Crippen LogP contribution in [0.1, 0.15) is 21.9 Å². The summed E-state index contributed by atoms with van der Waals surface area (Å²) in [5.74, 6) is -1.19. The molecule has 0 saturated heterocycles. The van der Waals surface area contributed by atoms with E-state index in [4.69, 9.17) is 8.22 Å². The van der Waals surface area contributed by atoms with Gasteiger partial charge in [-0.05, 0) is 0 Å². The van der Waals surface area contributed by atoms with Crippen LogP contribution in [0.25, 0.3) is 0 Å². The first-order valence-corrected chi connectivity index (χ1v) is 5.50. The van der Waals surface area contributed by atoms with E-state index in [1.807, 2.05) is 0 Å². The molecule has 11 heavy (non-hydrogen) atoms. The van der Waals surface area contributed by atoms with Gasteiger partial charge >= 0.3 is 90.3 Å². The van der Waals surface area contributed by atoms with Crippen LogP contribution in [-0.2, 0) is 4.79 Å². The predicted octanol–water partition coefficient (Wildman–Crippen LogP) is -0.0945. The van der Waals surface area contributed by atoms with Crippen molar-refractivity contribution in [1.82, 2.24) is 4.90 Å². The second-order valence-electron chi connectivity index (χ2n) is 2.02. The molecule has 0 rings (SSSR count). The van der Waals surface area contributed by atoms with Gasteiger partial charge in [-0.25, -0.2) is 0 Å². The van der Waals surface area contributed by atoms with Crippen molar-refractivity contribution in [3.63, 3.8) is 0 Å². The van der Waals surface area contributed by atoms with Crippen molar-refractivity contribution in [2.24, 2.45) is 0 Å². The van der Waals surface area contributed by atoms with Gasteiger partial charge < -0.3 is 0 Å². The maximum atomic E-state index is 11.6. The molecule has 0 aromatic carbocycles. The summed E-state index contributed by atoms with van der Waals surface area (Å²) in [6, 6.07) is 0. The Balaban J connectivity index is 5.06. The van der Waals surface area contributed by atoms with Crippen molar-refractivity contribution in [3.05, 3.63) is 0 Å². The van der Waals surface area contributed by atoms with E-state index in [1.54, 1.807) is 19.0 Å². The van der Waals surface area contributed by atoms with E-state index in [-0.39, 0.29) is 0 Å². The van der Waals surface area contributed by atoms with E-state index in [9.17, 15) is 4.79 Å². The maximum absolute atomic E-state index is 11.6. The molecule has 0 amide bonds. The van der Waals surface area contributed by atoms with Crippen LogP contribution in [0.2, 0.25) is 4.82 Å². The van der Waals surface area contributed by atoms with E-state index < -0.39 is 39.3 Å². The summed E-state index contributed by atoms with van der Waals surface area (Å²) >= 11 is 1.92. The van der Waals surface area contributed by atoms with Crippen molar-refractivity contribution in [3.8, 4) is 0 Å². The van der Waals surface area contributed by atoms with E-state index >= 15 is 0 Å².